The standard InChI is InChI=1S/C18H24N4O7S/c1-13-5-7-15(8-6-13)30(25,26)29-18-16(22(23)24)17(19-14(2)20-18)21(9-11-27-3)10-12-28-4/h5-8H,9-12H2,1-4H3. The van der Waals surface area contributed by atoms with Crippen LogP contribution in [-0.2, 0) is 19.6 Å². The maximum Gasteiger partial charge on any atom is 0.374 e. The maximum absolute atomic E-state index is 12.7. The Hall–Kier alpha value is -2.83. The minimum absolute atomic E-state index is 0.0734. The van der Waals surface area contributed by atoms with Gasteiger partial charge in [-0.05, 0) is 26.0 Å². The van der Waals surface area contributed by atoms with Crippen LogP contribution in [0, 0.1) is 24.0 Å². The van der Waals surface area contributed by atoms with Crippen LogP contribution in [0.25, 0.3) is 0 Å². The molecule has 0 saturated heterocycles. The molecular weight excluding hydrogens is 416 g/mol. The zero-order valence-electron chi connectivity index (χ0n) is 17.2. The van der Waals surface area contributed by atoms with Crippen LogP contribution in [0.15, 0.2) is 29.2 Å². The van der Waals surface area contributed by atoms with Crippen LogP contribution in [0.2, 0.25) is 0 Å². The minimum Gasteiger partial charge on any atom is -0.383 e. The molecule has 0 aliphatic carbocycles. The molecule has 1 heterocycles. The highest BCUT2D eigenvalue weighted by atomic mass is 32.2. The monoisotopic (exact) mass is 440 g/mol. The second-order valence-corrected chi connectivity index (χ2v) is 7.87. The van der Waals surface area contributed by atoms with Gasteiger partial charge in [0.2, 0.25) is 5.82 Å². The summed E-state index contributed by atoms with van der Waals surface area (Å²) in [6, 6.07) is 5.90. The Balaban J connectivity index is 2.54. The zero-order chi connectivity index (χ0) is 22.3. The van der Waals surface area contributed by atoms with Gasteiger partial charge in [-0.3, -0.25) is 10.1 Å². The van der Waals surface area contributed by atoms with Crippen molar-refractivity contribution in [3.8, 4) is 5.88 Å². The van der Waals surface area contributed by atoms with Crippen molar-refractivity contribution in [2.24, 2.45) is 0 Å². The lowest BCUT2D eigenvalue weighted by molar-refractivity contribution is -0.385. The highest BCUT2D eigenvalue weighted by Crippen LogP contribution is 2.35. The molecule has 0 amide bonds. The number of methoxy groups -OCH3 is 2. The van der Waals surface area contributed by atoms with Gasteiger partial charge in [-0.1, -0.05) is 17.7 Å². The van der Waals surface area contributed by atoms with E-state index in [2.05, 4.69) is 9.97 Å². The molecular formula is C18H24N4O7S. The van der Waals surface area contributed by atoms with Gasteiger partial charge in [0.1, 0.15) is 10.7 Å². The average Bonchev–Trinajstić information content (AvgIpc) is 2.67. The predicted molar refractivity (Wildman–Crippen MR) is 108 cm³/mol. The summed E-state index contributed by atoms with van der Waals surface area (Å²) in [6.45, 7) is 4.35. The first kappa shape index (κ1) is 23.4. The molecule has 0 unspecified atom stereocenters. The Morgan fingerprint density at radius 2 is 1.60 bits per heavy atom. The van der Waals surface area contributed by atoms with Crippen LogP contribution in [0.4, 0.5) is 11.5 Å². The molecule has 11 nitrogen and oxygen atoms in total. The first-order valence-corrected chi connectivity index (χ1v) is 10.4. The average molecular weight is 440 g/mol. The number of nitrogens with zero attached hydrogens (tertiary/aromatic N) is 4. The fraction of sp³-hybridized carbons (Fsp3) is 0.444. The van der Waals surface area contributed by atoms with E-state index in [1.807, 2.05) is 0 Å². The molecule has 0 spiro atoms. The molecule has 0 bridgehead atoms. The van der Waals surface area contributed by atoms with E-state index in [0.717, 1.165) is 5.56 Å². The van der Waals surface area contributed by atoms with E-state index in [-0.39, 0.29) is 42.8 Å². The third-order valence-corrected chi connectivity index (χ3v) is 5.28. The van der Waals surface area contributed by atoms with Crippen molar-refractivity contribution < 1.29 is 27.0 Å². The Labute approximate surface area is 174 Å². The lowest BCUT2D eigenvalue weighted by Gasteiger charge is -2.23. The van der Waals surface area contributed by atoms with E-state index in [1.54, 1.807) is 24.0 Å². The summed E-state index contributed by atoms with van der Waals surface area (Å²) in [4.78, 5) is 20.5. The topological polar surface area (TPSA) is 134 Å². The number of rotatable bonds is 11. The SMILES string of the molecule is COCCN(CCOC)c1nc(C)nc(OS(=O)(=O)c2ccc(C)cc2)c1[N+](=O)[O-]. The Bertz CT molecular complexity index is 973. The number of ether oxygens (including phenoxy) is 2. The lowest BCUT2D eigenvalue weighted by Crippen LogP contribution is -2.32. The van der Waals surface area contributed by atoms with E-state index in [0.29, 0.717) is 0 Å². The summed E-state index contributed by atoms with van der Waals surface area (Å²) < 4.78 is 40.5. The molecule has 164 valence electrons. The van der Waals surface area contributed by atoms with E-state index < -0.39 is 26.6 Å². The fourth-order valence-corrected chi connectivity index (χ4v) is 3.44. The van der Waals surface area contributed by atoms with Crippen molar-refractivity contribution in [1.82, 2.24) is 9.97 Å². The van der Waals surface area contributed by atoms with Crippen molar-refractivity contribution in [3.63, 3.8) is 0 Å². The van der Waals surface area contributed by atoms with Gasteiger partial charge >= 0.3 is 21.7 Å². The van der Waals surface area contributed by atoms with E-state index in [4.69, 9.17) is 13.7 Å². The van der Waals surface area contributed by atoms with E-state index in [9.17, 15) is 18.5 Å². The summed E-state index contributed by atoms with van der Waals surface area (Å²) in [5.74, 6) is -0.608. The van der Waals surface area contributed by atoms with Crippen LogP contribution in [0.3, 0.4) is 0 Å². The predicted octanol–water partition coefficient (Wildman–Crippen LogP) is 1.87. The molecule has 30 heavy (non-hydrogen) atoms. The van der Waals surface area contributed by atoms with Gasteiger partial charge < -0.3 is 18.6 Å². The molecule has 0 radical (unpaired) electrons. The van der Waals surface area contributed by atoms with Crippen LogP contribution in [0.5, 0.6) is 5.88 Å². The highest BCUT2D eigenvalue weighted by molar-refractivity contribution is 7.87. The molecule has 1 aromatic heterocycles. The number of hydrogen-bond acceptors (Lipinski definition) is 10. The second kappa shape index (κ2) is 10.3. The van der Waals surface area contributed by atoms with E-state index >= 15 is 0 Å². The highest BCUT2D eigenvalue weighted by Gasteiger charge is 2.32. The number of anilines is 1. The molecule has 1 aromatic carbocycles. The Morgan fingerprint density at radius 3 is 2.10 bits per heavy atom. The third-order valence-electron chi connectivity index (χ3n) is 4.06. The molecule has 0 aliphatic heterocycles. The third kappa shape index (κ3) is 5.84. The molecule has 0 fully saturated rings. The Kier molecular flexibility index (Phi) is 8.03. The summed E-state index contributed by atoms with van der Waals surface area (Å²) in [6.07, 6.45) is 0. The largest absolute Gasteiger partial charge is 0.383 e. The van der Waals surface area contributed by atoms with Gasteiger partial charge in [-0.25, -0.2) is 4.98 Å². The summed E-state index contributed by atoms with van der Waals surface area (Å²) in [5, 5.41) is 11.8. The minimum atomic E-state index is -4.34. The van der Waals surface area contributed by atoms with Gasteiger partial charge in [0.25, 0.3) is 0 Å². The van der Waals surface area contributed by atoms with Crippen LogP contribution >= 0.6 is 0 Å². The first-order valence-electron chi connectivity index (χ1n) is 8.96. The van der Waals surface area contributed by atoms with Crippen molar-refractivity contribution in [3.05, 3.63) is 45.8 Å². The fourth-order valence-electron chi connectivity index (χ4n) is 2.55. The van der Waals surface area contributed by atoms with Crippen LogP contribution < -0.4 is 9.08 Å². The van der Waals surface area contributed by atoms with Crippen molar-refractivity contribution in [1.29, 1.82) is 0 Å². The second-order valence-electron chi connectivity index (χ2n) is 6.33. The lowest BCUT2D eigenvalue weighted by atomic mass is 10.2. The molecule has 0 saturated carbocycles. The molecule has 0 N–H and O–H groups in total. The number of benzene rings is 1. The summed E-state index contributed by atoms with van der Waals surface area (Å²) >= 11 is 0. The van der Waals surface area contributed by atoms with Gasteiger partial charge in [0.05, 0.1) is 18.1 Å². The zero-order valence-corrected chi connectivity index (χ0v) is 18.0. The number of aryl methyl sites for hydroxylation is 2. The summed E-state index contributed by atoms with van der Waals surface area (Å²) in [5.41, 5.74) is 0.204. The van der Waals surface area contributed by atoms with Gasteiger partial charge in [-0.15, -0.1) is 0 Å². The molecule has 2 rings (SSSR count). The maximum atomic E-state index is 12.7. The number of nitro groups is 1. The molecule has 12 heteroatoms. The van der Waals surface area contributed by atoms with Crippen molar-refractivity contribution >= 4 is 21.6 Å². The molecule has 0 aliphatic rings. The van der Waals surface area contributed by atoms with Crippen LogP contribution in [0.1, 0.15) is 11.4 Å². The first-order chi connectivity index (χ1) is 14.2. The Morgan fingerprint density at radius 1 is 1.03 bits per heavy atom. The molecule has 2 aromatic rings. The van der Waals surface area contributed by atoms with Gasteiger partial charge in [0.15, 0.2) is 0 Å². The number of aromatic nitrogens is 2. The van der Waals surface area contributed by atoms with Crippen molar-refractivity contribution in [2.75, 3.05) is 45.4 Å². The quantitative estimate of drug-likeness (QED) is 0.289. The van der Waals surface area contributed by atoms with Gasteiger partial charge in [-0.2, -0.15) is 13.4 Å². The van der Waals surface area contributed by atoms with Gasteiger partial charge in [0, 0.05) is 27.3 Å². The van der Waals surface area contributed by atoms with E-state index in [1.165, 1.54) is 33.3 Å². The van der Waals surface area contributed by atoms with Crippen molar-refractivity contribution in [2.45, 2.75) is 18.7 Å². The smallest absolute Gasteiger partial charge is 0.374 e. The number of hydrogen-bond donors (Lipinski definition) is 0. The van der Waals surface area contributed by atoms with Crippen LogP contribution in [-0.4, -0.2) is 63.8 Å². The normalized spacial score (nSPS) is 11.3. The molecule has 0 atom stereocenters. The summed E-state index contributed by atoms with van der Waals surface area (Å²) in [7, 11) is -1.35.